The van der Waals surface area contributed by atoms with E-state index in [2.05, 4.69) is 5.32 Å². The van der Waals surface area contributed by atoms with Crippen LogP contribution in [0, 0.1) is 20.8 Å². The van der Waals surface area contributed by atoms with Crippen LogP contribution in [0.3, 0.4) is 0 Å². The van der Waals surface area contributed by atoms with Gasteiger partial charge in [0.25, 0.3) is 5.91 Å². The van der Waals surface area contributed by atoms with E-state index in [4.69, 9.17) is 14.9 Å². The third kappa shape index (κ3) is 3.85. The molecule has 0 aliphatic carbocycles. The van der Waals surface area contributed by atoms with Crippen molar-refractivity contribution >= 4 is 5.91 Å². The average Bonchev–Trinajstić information content (AvgIpc) is 2.58. The van der Waals surface area contributed by atoms with Crippen molar-refractivity contribution < 1.29 is 13.9 Å². The van der Waals surface area contributed by atoms with Gasteiger partial charge in [-0.3, -0.25) is 4.79 Å². The van der Waals surface area contributed by atoms with Crippen molar-refractivity contribution in [1.82, 2.24) is 5.32 Å². The number of rotatable bonds is 7. The van der Waals surface area contributed by atoms with Gasteiger partial charge in [0.05, 0.1) is 12.2 Å². The van der Waals surface area contributed by atoms with E-state index in [1.165, 1.54) is 0 Å². The van der Waals surface area contributed by atoms with Crippen molar-refractivity contribution in [2.24, 2.45) is 5.73 Å². The summed E-state index contributed by atoms with van der Waals surface area (Å²) < 4.78 is 10.7. The normalized spacial score (nSPS) is 10.7. The summed E-state index contributed by atoms with van der Waals surface area (Å²) in [5, 5.41) is 2.86. The summed E-state index contributed by atoms with van der Waals surface area (Å²) in [6.45, 7) is 7.85. The molecule has 0 aliphatic heterocycles. The van der Waals surface area contributed by atoms with Gasteiger partial charge in [-0.1, -0.05) is 0 Å². The molecule has 0 unspecified atom stereocenters. The van der Waals surface area contributed by atoms with E-state index in [1.54, 1.807) is 6.92 Å². The van der Waals surface area contributed by atoms with Crippen molar-refractivity contribution in [3.05, 3.63) is 22.6 Å². The van der Waals surface area contributed by atoms with Crippen molar-refractivity contribution in [3.63, 3.8) is 0 Å². The standard InChI is InChI=1S/C13H22N2O3/c1-9-10(2)18-11(3)12(9)13(16)15-6-4-7-17-8-5-14/h4-8,14H2,1-3H3,(H,15,16). The van der Waals surface area contributed by atoms with Crippen molar-refractivity contribution in [1.29, 1.82) is 0 Å². The number of carbonyl (C=O) groups is 1. The van der Waals surface area contributed by atoms with Crippen LogP contribution in [0.1, 0.15) is 33.9 Å². The van der Waals surface area contributed by atoms with Crippen LogP contribution in [0.4, 0.5) is 0 Å². The molecule has 1 rings (SSSR count). The average molecular weight is 254 g/mol. The van der Waals surface area contributed by atoms with Crippen molar-refractivity contribution in [2.75, 3.05) is 26.3 Å². The number of nitrogens with one attached hydrogen (secondary N) is 1. The van der Waals surface area contributed by atoms with Gasteiger partial charge < -0.3 is 20.2 Å². The first-order valence-electron chi connectivity index (χ1n) is 6.20. The predicted octanol–water partition coefficient (Wildman–Crippen LogP) is 1.30. The highest BCUT2D eigenvalue weighted by Crippen LogP contribution is 2.20. The fourth-order valence-corrected chi connectivity index (χ4v) is 1.78. The Hall–Kier alpha value is -1.33. The summed E-state index contributed by atoms with van der Waals surface area (Å²) in [6, 6.07) is 0. The fraction of sp³-hybridized carbons (Fsp3) is 0.615. The lowest BCUT2D eigenvalue weighted by Crippen LogP contribution is -2.26. The molecule has 0 spiro atoms. The first kappa shape index (κ1) is 14.7. The van der Waals surface area contributed by atoms with E-state index in [-0.39, 0.29) is 5.91 Å². The molecule has 0 bridgehead atoms. The third-order valence-electron chi connectivity index (χ3n) is 2.80. The maximum absolute atomic E-state index is 12.0. The van der Waals surface area contributed by atoms with Gasteiger partial charge in [0.15, 0.2) is 0 Å². The number of furan rings is 1. The van der Waals surface area contributed by atoms with Crippen LogP contribution >= 0.6 is 0 Å². The largest absolute Gasteiger partial charge is 0.466 e. The van der Waals surface area contributed by atoms with Gasteiger partial charge in [-0.05, 0) is 27.2 Å². The highest BCUT2D eigenvalue weighted by atomic mass is 16.5. The lowest BCUT2D eigenvalue weighted by molar-refractivity contribution is 0.0941. The Balaban J connectivity index is 2.37. The van der Waals surface area contributed by atoms with E-state index >= 15 is 0 Å². The fourth-order valence-electron chi connectivity index (χ4n) is 1.78. The van der Waals surface area contributed by atoms with E-state index in [1.807, 2.05) is 13.8 Å². The molecule has 3 N–H and O–H groups in total. The van der Waals surface area contributed by atoms with Crippen LogP contribution < -0.4 is 11.1 Å². The van der Waals surface area contributed by atoms with E-state index < -0.39 is 0 Å². The molecule has 0 aromatic carbocycles. The number of amides is 1. The molecule has 1 aromatic heterocycles. The molecule has 0 saturated heterocycles. The molecule has 5 nitrogen and oxygen atoms in total. The van der Waals surface area contributed by atoms with Crippen molar-refractivity contribution in [3.8, 4) is 0 Å². The number of carbonyl (C=O) groups excluding carboxylic acids is 1. The molecule has 5 heteroatoms. The Morgan fingerprint density at radius 2 is 2.00 bits per heavy atom. The van der Waals surface area contributed by atoms with Gasteiger partial charge in [0.2, 0.25) is 0 Å². The molecule has 1 heterocycles. The molecule has 0 radical (unpaired) electrons. The van der Waals surface area contributed by atoms with E-state index in [0.29, 0.717) is 37.6 Å². The second-order valence-corrected chi connectivity index (χ2v) is 4.22. The Morgan fingerprint density at radius 3 is 2.56 bits per heavy atom. The summed E-state index contributed by atoms with van der Waals surface area (Å²) in [6.07, 6.45) is 0.778. The molecule has 0 fully saturated rings. The van der Waals surface area contributed by atoms with E-state index in [0.717, 1.165) is 17.7 Å². The summed E-state index contributed by atoms with van der Waals surface area (Å²) >= 11 is 0. The summed E-state index contributed by atoms with van der Waals surface area (Å²) in [7, 11) is 0. The second kappa shape index (κ2) is 7.18. The second-order valence-electron chi connectivity index (χ2n) is 4.22. The lowest BCUT2D eigenvalue weighted by atomic mass is 10.1. The third-order valence-corrected chi connectivity index (χ3v) is 2.80. The van der Waals surface area contributed by atoms with Crippen molar-refractivity contribution in [2.45, 2.75) is 27.2 Å². The van der Waals surface area contributed by atoms with Gasteiger partial charge >= 0.3 is 0 Å². The van der Waals surface area contributed by atoms with Crippen LogP contribution in [-0.4, -0.2) is 32.2 Å². The highest BCUT2D eigenvalue weighted by Gasteiger charge is 2.17. The zero-order valence-corrected chi connectivity index (χ0v) is 11.3. The maximum atomic E-state index is 12.0. The molecular weight excluding hydrogens is 232 g/mol. The summed E-state index contributed by atoms with van der Waals surface area (Å²) in [4.78, 5) is 12.0. The number of hydrogen-bond acceptors (Lipinski definition) is 4. The molecule has 0 saturated carbocycles. The minimum absolute atomic E-state index is 0.0827. The van der Waals surface area contributed by atoms with Gasteiger partial charge in [-0.15, -0.1) is 0 Å². The van der Waals surface area contributed by atoms with E-state index in [9.17, 15) is 4.79 Å². The minimum Gasteiger partial charge on any atom is -0.466 e. The topological polar surface area (TPSA) is 77.5 Å². The monoisotopic (exact) mass is 254 g/mol. The first-order chi connectivity index (χ1) is 8.57. The Bertz CT molecular complexity index is 399. The van der Waals surface area contributed by atoms with Gasteiger partial charge in [0.1, 0.15) is 11.5 Å². The SMILES string of the molecule is Cc1oc(C)c(C(=O)NCCCOCCN)c1C. The Morgan fingerprint density at radius 1 is 1.28 bits per heavy atom. The summed E-state index contributed by atoms with van der Waals surface area (Å²) in [5.74, 6) is 1.38. The number of ether oxygens (including phenoxy) is 1. The maximum Gasteiger partial charge on any atom is 0.255 e. The number of nitrogens with two attached hydrogens (primary N) is 1. The molecule has 1 aromatic rings. The molecule has 1 amide bonds. The molecule has 0 atom stereocenters. The predicted molar refractivity (Wildman–Crippen MR) is 69.7 cm³/mol. The molecule has 0 aliphatic rings. The van der Waals surface area contributed by atoms with Crippen LogP contribution in [0.5, 0.6) is 0 Å². The number of aryl methyl sites for hydroxylation is 2. The molecule has 102 valence electrons. The van der Waals surface area contributed by atoms with Gasteiger partial charge in [0, 0.05) is 25.3 Å². The smallest absolute Gasteiger partial charge is 0.255 e. The highest BCUT2D eigenvalue weighted by molar-refractivity contribution is 5.96. The Kier molecular flexibility index (Phi) is 5.88. The quantitative estimate of drug-likeness (QED) is 0.719. The van der Waals surface area contributed by atoms with Crippen LogP contribution in [0.15, 0.2) is 4.42 Å². The number of hydrogen-bond donors (Lipinski definition) is 2. The zero-order valence-electron chi connectivity index (χ0n) is 11.3. The molecular formula is C13H22N2O3. The lowest BCUT2D eigenvalue weighted by Gasteiger charge is -2.05. The first-order valence-corrected chi connectivity index (χ1v) is 6.20. The van der Waals surface area contributed by atoms with Crippen LogP contribution in [0.2, 0.25) is 0 Å². The van der Waals surface area contributed by atoms with Gasteiger partial charge in [-0.25, -0.2) is 0 Å². The summed E-state index contributed by atoms with van der Waals surface area (Å²) in [5.41, 5.74) is 6.85. The minimum atomic E-state index is -0.0827. The zero-order chi connectivity index (χ0) is 13.5. The Labute approximate surface area is 108 Å². The van der Waals surface area contributed by atoms with Crippen LogP contribution in [-0.2, 0) is 4.74 Å². The van der Waals surface area contributed by atoms with Crippen LogP contribution in [0.25, 0.3) is 0 Å². The van der Waals surface area contributed by atoms with Gasteiger partial charge in [-0.2, -0.15) is 0 Å². The molecule has 18 heavy (non-hydrogen) atoms.